The van der Waals surface area contributed by atoms with Gasteiger partial charge in [-0.05, 0) is 23.6 Å². The van der Waals surface area contributed by atoms with E-state index in [4.69, 9.17) is 0 Å². The van der Waals surface area contributed by atoms with Gasteiger partial charge in [-0.3, -0.25) is 8.99 Å². The number of hydrogen-bond donors (Lipinski definition) is 0. The average Bonchev–Trinajstić information content (AvgIpc) is 3.02. The standard InChI is InChI=1S/C15H19N3O2S/c1-11(2)13-10-18(14-7-5-4-6-12(13)14)21(19,20)15-8-9-17(3)16-15/h4-9,11,13H,10H2,1-3H3. The van der Waals surface area contributed by atoms with Crippen molar-refractivity contribution in [1.82, 2.24) is 9.78 Å². The summed E-state index contributed by atoms with van der Waals surface area (Å²) in [5.74, 6) is 0.606. The van der Waals surface area contributed by atoms with Crippen LogP contribution in [0.4, 0.5) is 5.69 Å². The first-order valence-electron chi connectivity index (χ1n) is 7.02. The van der Waals surface area contributed by atoms with Gasteiger partial charge in [-0.1, -0.05) is 32.0 Å². The van der Waals surface area contributed by atoms with Crippen molar-refractivity contribution in [2.24, 2.45) is 13.0 Å². The fourth-order valence-electron chi connectivity index (χ4n) is 2.85. The molecule has 112 valence electrons. The number of anilines is 1. The van der Waals surface area contributed by atoms with Gasteiger partial charge in [-0.2, -0.15) is 13.5 Å². The van der Waals surface area contributed by atoms with Gasteiger partial charge in [0, 0.05) is 25.7 Å². The maximum atomic E-state index is 12.8. The molecule has 0 amide bonds. The summed E-state index contributed by atoms with van der Waals surface area (Å²) < 4.78 is 28.7. The Morgan fingerprint density at radius 3 is 2.57 bits per heavy atom. The van der Waals surface area contributed by atoms with Crippen LogP contribution < -0.4 is 4.31 Å². The van der Waals surface area contributed by atoms with Crippen molar-refractivity contribution in [2.75, 3.05) is 10.8 Å². The van der Waals surface area contributed by atoms with Crippen LogP contribution in [0.15, 0.2) is 41.6 Å². The molecule has 3 rings (SSSR count). The third-order valence-electron chi connectivity index (χ3n) is 4.02. The molecule has 1 aliphatic rings. The Balaban J connectivity index is 2.08. The Bertz CT molecular complexity index is 765. The van der Waals surface area contributed by atoms with Crippen LogP contribution >= 0.6 is 0 Å². The number of aryl methyl sites for hydroxylation is 1. The zero-order chi connectivity index (χ0) is 15.2. The predicted octanol–water partition coefficient (Wildman–Crippen LogP) is 2.37. The lowest BCUT2D eigenvalue weighted by Crippen LogP contribution is -2.31. The second-order valence-electron chi connectivity index (χ2n) is 5.77. The Morgan fingerprint density at radius 2 is 1.95 bits per heavy atom. The van der Waals surface area contributed by atoms with E-state index in [0.29, 0.717) is 12.5 Å². The highest BCUT2D eigenvalue weighted by molar-refractivity contribution is 7.92. The highest BCUT2D eigenvalue weighted by Crippen LogP contribution is 2.42. The van der Waals surface area contributed by atoms with E-state index in [1.54, 1.807) is 19.3 Å². The Hall–Kier alpha value is -1.82. The molecule has 5 nitrogen and oxygen atoms in total. The summed E-state index contributed by atoms with van der Waals surface area (Å²) in [6, 6.07) is 9.28. The molecule has 6 heteroatoms. The topological polar surface area (TPSA) is 55.2 Å². The molecule has 0 fully saturated rings. The summed E-state index contributed by atoms with van der Waals surface area (Å²) in [6.07, 6.45) is 1.65. The van der Waals surface area contributed by atoms with Gasteiger partial charge in [-0.15, -0.1) is 0 Å². The summed E-state index contributed by atoms with van der Waals surface area (Å²) in [5, 5.41) is 4.16. The molecular weight excluding hydrogens is 286 g/mol. The lowest BCUT2D eigenvalue weighted by Gasteiger charge is -2.19. The second-order valence-corrected chi connectivity index (χ2v) is 7.58. The Kier molecular flexibility index (Phi) is 3.28. The van der Waals surface area contributed by atoms with E-state index in [-0.39, 0.29) is 10.9 Å². The fourth-order valence-corrected chi connectivity index (χ4v) is 4.32. The van der Waals surface area contributed by atoms with Gasteiger partial charge < -0.3 is 0 Å². The van der Waals surface area contributed by atoms with Gasteiger partial charge in [0.2, 0.25) is 0 Å². The quantitative estimate of drug-likeness (QED) is 0.875. The molecule has 0 saturated carbocycles. The number of sulfonamides is 1. The van der Waals surface area contributed by atoms with E-state index in [0.717, 1.165) is 11.3 Å². The van der Waals surface area contributed by atoms with Gasteiger partial charge >= 0.3 is 0 Å². The monoisotopic (exact) mass is 305 g/mol. The van der Waals surface area contributed by atoms with Crippen molar-refractivity contribution < 1.29 is 8.42 Å². The van der Waals surface area contributed by atoms with Crippen molar-refractivity contribution in [2.45, 2.75) is 24.8 Å². The summed E-state index contributed by atoms with van der Waals surface area (Å²) >= 11 is 0. The molecule has 2 heterocycles. The predicted molar refractivity (Wildman–Crippen MR) is 81.8 cm³/mol. The normalized spacial score (nSPS) is 18.3. The molecule has 0 radical (unpaired) electrons. The minimum Gasteiger partial charge on any atom is -0.274 e. The molecule has 1 atom stereocenters. The molecule has 0 N–H and O–H groups in total. The van der Waals surface area contributed by atoms with Gasteiger partial charge in [0.05, 0.1) is 5.69 Å². The van der Waals surface area contributed by atoms with Gasteiger partial charge in [0.1, 0.15) is 0 Å². The van der Waals surface area contributed by atoms with Crippen LogP contribution in [-0.2, 0) is 17.1 Å². The molecule has 2 aromatic rings. The number of benzene rings is 1. The van der Waals surface area contributed by atoms with Crippen LogP contribution in [0.5, 0.6) is 0 Å². The van der Waals surface area contributed by atoms with Crippen molar-refractivity contribution in [3.8, 4) is 0 Å². The highest BCUT2D eigenvalue weighted by atomic mass is 32.2. The molecular formula is C15H19N3O2S. The third-order valence-corrected chi connectivity index (χ3v) is 5.69. The molecule has 0 aliphatic carbocycles. The minimum atomic E-state index is -3.60. The molecule has 0 bridgehead atoms. The van der Waals surface area contributed by atoms with E-state index in [1.165, 1.54) is 8.99 Å². The average molecular weight is 305 g/mol. The van der Waals surface area contributed by atoms with E-state index < -0.39 is 10.0 Å². The molecule has 1 aromatic heterocycles. The van der Waals surface area contributed by atoms with Crippen LogP contribution in [0.25, 0.3) is 0 Å². The van der Waals surface area contributed by atoms with E-state index in [9.17, 15) is 8.42 Å². The van der Waals surface area contributed by atoms with Gasteiger partial charge in [-0.25, -0.2) is 0 Å². The number of rotatable bonds is 3. The summed E-state index contributed by atoms with van der Waals surface area (Å²) in [7, 11) is -1.88. The minimum absolute atomic E-state index is 0.101. The van der Waals surface area contributed by atoms with Crippen molar-refractivity contribution in [3.05, 3.63) is 42.1 Å². The van der Waals surface area contributed by atoms with Crippen molar-refractivity contribution in [1.29, 1.82) is 0 Å². The first-order valence-corrected chi connectivity index (χ1v) is 8.46. The number of fused-ring (bicyclic) bond motifs is 1. The fraction of sp³-hybridized carbons (Fsp3) is 0.400. The second kappa shape index (κ2) is 4.87. The number of aromatic nitrogens is 2. The molecule has 0 spiro atoms. The zero-order valence-electron chi connectivity index (χ0n) is 12.4. The van der Waals surface area contributed by atoms with Gasteiger partial charge in [0.15, 0.2) is 5.03 Å². The summed E-state index contributed by atoms with van der Waals surface area (Å²) in [4.78, 5) is 0. The third kappa shape index (κ3) is 2.23. The largest absolute Gasteiger partial charge is 0.283 e. The number of hydrogen-bond acceptors (Lipinski definition) is 3. The Labute approximate surface area is 125 Å². The highest BCUT2D eigenvalue weighted by Gasteiger charge is 2.38. The van der Waals surface area contributed by atoms with Crippen molar-refractivity contribution in [3.63, 3.8) is 0 Å². The molecule has 0 saturated heterocycles. The summed E-state index contributed by atoms with van der Waals surface area (Å²) in [6.45, 7) is 4.73. The lowest BCUT2D eigenvalue weighted by molar-refractivity contribution is 0.521. The van der Waals surface area contributed by atoms with Crippen LogP contribution in [0.2, 0.25) is 0 Å². The van der Waals surface area contributed by atoms with Crippen LogP contribution in [0.3, 0.4) is 0 Å². The molecule has 1 unspecified atom stereocenters. The summed E-state index contributed by atoms with van der Waals surface area (Å²) in [5.41, 5.74) is 1.88. The SMILES string of the molecule is CC(C)C1CN(S(=O)(=O)c2ccn(C)n2)c2ccccc21. The Morgan fingerprint density at radius 1 is 1.24 bits per heavy atom. The lowest BCUT2D eigenvalue weighted by atomic mass is 9.90. The van der Waals surface area contributed by atoms with E-state index in [1.807, 2.05) is 24.3 Å². The van der Waals surface area contributed by atoms with Crippen LogP contribution in [-0.4, -0.2) is 24.7 Å². The van der Waals surface area contributed by atoms with Gasteiger partial charge in [0.25, 0.3) is 10.0 Å². The molecule has 1 aliphatic heterocycles. The zero-order valence-corrected chi connectivity index (χ0v) is 13.2. The molecule has 1 aromatic carbocycles. The number of para-hydroxylation sites is 1. The number of nitrogens with zero attached hydrogens (tertiary/aromatic N) is 3. The van der Waals surface area contributed by atoms with E-state index in [2.05, 4.69) is 18.9 Å². The molecule has 21 heavy (non-hydrogen) atoms. The van der Waals surface area contributed by atoms with Crippen LogP contribution in [0, 0.1) is 5.92 Å². The maximum Gasteiger partial charge on any atom is 0.283 e. The maximum absolute atomic E-state index is 12.8. The van der Waals surface area contributed by atoms with Crippen LogP contribution in [0.1, 0.15) is 25.3 Å². The first kappa shape index (κ1) is 14.1. The smallest absolute Gasteiger partial charge is 0.274 e. The first-order chi connectivity index (χ1) is 9.91. The van der Waals surface area contributed by atoms with E-state index >= 15 is 0 Å². The van der Waals surface area contributed by atoms with Crippen molar-refractivity contribution >= 4 is 15.7 Å².